The Morgan fingerprint density at radius 3 is 2.59 bits per heavy atom. The van der Waals surface area contributed by atoms with Crippen molar-refractivity contribution < 1.29 is 23.1 Å². The first-order valence-corrected chi connectivity index (χ1v) is 10.7. The molecule has 0 heterocycles. The summed E-state index contributed by atoms with van der Waals surface area (Å²) < 4.78 is 32.1. The lowest BCUT2D eigenvalue weighted by Crippen LogP contribution is -2.22. The fourth-order valence-corrected chi connectivity index (χ4v) is 3.73. The van der Waals surface area contributed by atoms with Gasteiger partial charge in [-0.3, -0.25) is 4.72 Å². The Morgan fingerprint density at radius 2 is 1.83 bits per heavy atom. The smallest absolute Gasteiger partial charge is 0.341 e. The molecule has 0 aliphatic heterocycles. The van der Waals surface area contributed by atoms with Crippen LogP contribution in [0.3, 0.4) is 0 Å². The molecular formula is C22H21NO5S. The number of ether oxygens (including phenoxy) is 1. The number of carboxylic acid groups (broad SMARTS) is 1. The standard InChI is InChI=1S/C22H21NO5S/c24-22(25)16-28-21-8-4-7-19-15-18(9-10-20(19)21)11-13-23-29(26,27)14-12-17-5-2-1-3-6-17/h1-11,13,15,23H,12,14,16H2,(H,24,25). The van der Waals surface area contributed by atoms with Crippen LogP contribution in [0, 0.1) is 0 Å². The number of aryl methyl sites for hydroxylation is 1. The quantitative estimate of drug-likeness (QED) is 0.563. The second kappa shape index (κ2) is 9.25. The van der Waals surface area contributed by atoms with Crippen molar-refractivity contribution in [2.75, 3.05) is 12.4 Å². The van der Waals surface area contributed by atoms with Crippen LogP contribution in [0.5, 0.6) is 5.75 Å². The van der Waals surface area contributed by atoms with E-state index in [2.05, 4.69) is 4.72 Å². The monoisotopic (exact) mass is 411 g/mol. The van der Waals surface area contributed by atoms with Gasteiger partial charge in [0.15, 0.2) is 6.61 Å². The maximum absolute atomic E-state index is 12.2. The molecule has 0 aliphatic rings. The molecule has 0 saturated carbocycles. The van der Waals surface area contributed by atoms with Crippen molar-refractivity contribution in [3.63, 3.8) is 0 Å². The Bertz CT molecular complexity index is 1120. The molecule has 0 fully saturated rings. The van der Waals surface area contributed by atoms with E-state index in [1.807, 2.05) is 54.6 Å². The highest BCUT2D eigenvalue weighted by molar-refractivity contribution is 7.89. The van der Waals surface area contributed by atoms with Gasteiger partial charge in [0.05, 0.1) is 5.75 Å². The Morgan fingerprint density at radius 1 is 1.03 bits per heavy atom. The zero-order valence-corrected chi connectivity index (χ0v) is 16.4. The van der Waals surface area contributed by atoms with E-state index in [9.17, 15) is 13.2 Å². The highest BCUT2D eigenvalue weighted by Gasteiger charge is 2.08. The molecule has 0 spiro atoms. The summed E-state index contributed by atoms with van der Waals surface area (Å²) in [6.45, 7) is -0.411. The van der Waals surface area contributed by atoms with E-state index in [0.717, 1.165) is 21.9 Å². The van der Waals surface area contributed by atoms with Gasteiger partial charge in [-0.1, -0.05) is 54.6 Å². The van der Waals surface area contributed by atoms with Gasteiger partial charge in [-0.15, -0.1) is 0 Å². The average Bonchev–Trinajstić information content (AvgIpc) is 2.71. The van der Waals surface area contributed by atoms with Crippen molar-refractivity contribution >= 4 is 32.8 Å². The van der Waals surface area contributed by atoms with Crippen LogP contribution in [0.25, 0.3) is 16.8 Å². The summed E-state index contributed by atoms with van der Waals surface area (Å²) >= 11 is 0. The van der Waals surface area contributed by atoms with Crippen molar-refractivity contribution in [1.82, 2.24) is 4.72 Å². The summed E-state index contributed by atoms with van der Waals surface area (Å²) in [6.07, 6.45) is 3.52. The third-order valence-corrected chi connectivity index (χ3v) is 5.48. The van der Waals surface area contributed by atoms with Crippen molar-refractivity contribution in [1.29, 1.82) is 0 Å². The van der Waals surface area contributed by atoms with Crippen LogP contribution < -0.4 is 9.46 Å². The van der Waals surface area contributed by atoms with Gasteiger partial charge in [0.25, 0.3) is 0 Å². The Balaban J connectivity index is 1.64. The molecule has 0 unspecified atom stereocenters. The number of benzene rings is 3. The number of hydrogen-bond donors (Lipinski definition) is 2. The molecule has 2 N–H and O–H groups in total. The Labute approximate surface area is 169 Å². The predicted octanol–water partition coefficient (Wildman–Crippen LogP) is 3.44. The number of carbonyl (C=O) groups is 1. The second-order valence-corrected chi connectivity index (χ2v) is 8.30. The maximum Gasteiger partial charge on any atom is 0.341 e. The van der Waals surface area contributed by atoms with Gasteiger partial charge in [-0.2, -0.15) is 0 Å². The minimum Gasteiger partial charge on any atom is -0.481 e. The molecule has 0 radical (unpaired) electrons. The number of rotatable bonds is 9. The fourth-order valence-electron chi connectivity index (χ4n) is 2.83. The topological polar surface area (TPSA) is 92.7 Å². The van der Waals surface area contributed by atoms with Crippen LogP contribution >= 0.6 is 0 Å². The molecule has 150 valence electrons. The van der Waals surface area contributed by atoms with Crippen LogP contribution in [0.4, 0.5) is 0 Å². The molecule has 0 amide bonds. The van der Waals surface area contributed by atoms with Crippen LogP contribution in [-0.4, -0.2) is 31.9 Å². The number of sulfonamides is 1. The van der Waals surface area contributed by atoms with E-state index in [-0.39, 0.29) is 5.75 Å². The van der Waals surface area contributed by atoms with Gasteiger partial charge in [0.2, 0.25) is 10.0 Å². The molecule has 7 heteroatoms. The van der Waals surface area contributed by atoms with Crippen LogP contribution in [-0.2, 0) is 21.2 Å². The molecule has 3 aromatic carbocycles. The summed E-state index contributed by atoms with van der Waals surface area (Å²) in [6, 6.07) is 20.3. The fraction of sp³-hybridized carbons (Fsp3) is 0.136. The minimum absolute atomic E-state index is 0.00332. The first-order valence-electron chi connectivity index (χ1n) is 9.01. The Hall–Kier alpha value is -3.32. The predicted molar refractivity (Wildman–Crippen MR) is 113 cm³/mol. The summed E-state index contributed by atoms with van der Waals surface area (Å²) in [7, 11) is -3.43. The SMILES string of the molecule is O=C(O)COc1cccc2cc(C=CNS(=O)(=O)CCc3ccccc3)ccc12. The molecule has 0 aliphatic carbocycles. The second-order valence-electron chi connectivity index (χ2n) is 6.42. The summed E-state index contributed by atoms with van der Waals surface area (Å²) in [5, 5.41) is 10.4. The summed E-state index contributed by atoms with van der Waals surface area (Å²) in [5.41, 5.74) is 1.77. The van der Waals surface area contributed by atoms with Gasteiger partial charge in [-0.05, 0) is 41.1 Å². The third-order valence-electron chi connectivity index (χ3n) is 4.24. The van der Waals surface area contributed by atoms with Gasteiger partial charge in [-0.25, -0.2) is 13.2 Å². The molecule has 0 saturated heterocycles. The minimum atomic E-state index is -3.43. The average molecular weight is 411 g/mol. The highest BCUT2D eigenvalue weighted by Crippen LogP contribution is 2.26. The third kappa shape index (κ3) is 6.08. The first kappa shape index (κ1) is 20.4. The van der Waals surface area contributed by atoms with E-state index in [0.29, 0.717) is 12.2 Å². The molecule has 0 atom stereocenters. The normalized spacial score (nSPS) is 11.6. The van der Waals surface area contributed by atoms with E-state index < -0.39 is 22.6 Å². The lowest BCUT2D eigenvalue weighted by atomic mass is 10.1. The first-order chi connectivity index (χ1) is 13.9. The molecule has 0 bridgehead atoms. The van der Waals surface area contributed by atoms with E-state index in [1.165, 1.54) is 6.20 Å². The zero-order chi connectivity index (χ0) is 20.7. The number of nitrogens with one attached hydrogen (secondary N) is 1. The molecule has 3 aromatic rings. The largest absolute Gasteiger partial charge is 0.481 e. The molecule has 3 rings (SSSR count). The molecule has 6 nitrogen and oxygen atoms in total. The van der Waals surface area contributed by atoms with Crippen LogP contribution in [0.2, 0.25) is 0 Å². The Kier molecular flexibility index (Phi) is 6.51. The lowest BCUT2D eigenvalue weighted by Gasteiger charge is -2.08. The van der Waals surface area contributed by atoms with E-state index in [4.69, 9.17) is 9.84 Å². The van der Waals surface area contributed by atoms with E-state index >= 15 is 0 Å². The van der Waals surface area contributed by atoms with Crippen molar-refractivity contribution in [3.05, 3.63) is 84.1 Å². The number of carboxylic acids is 1. The van der Waals surface area contributed by atoms with Crippen molar-refractivity contribution in [3.8, 4) is 5.75 Å². The summed E-state index contributed by atoms with van der Waals surface area (Å²) in [4.78, 5) is 10.7. The zero-order valence-electron chi connectivity index (χ0n) is 15.6. The molecule has 29 heavy (non-hydrogen) atoms. The van der Waals surface area contributed by atoms with Crippen LogP contribution in [0.15, 0.2) is 72.9 Å². The molecule has 0 aromatic heterocycles. The van der Waals surface area contributed by atoms with Crippen molar-refractivity contribution in [2.45, 2.75) is 6.42 Å². The van der Waals surface area contributed by atoms with Gasteiger partial charge in [0, 0.05) is 11.6 Å². The number of aliphatic carboxylic acids is 1. The van der Waals surface area contributed by atoms with Gasteiger partial charge in [0.1, 0.15) is 5.75 Å². The van der Waals surface area contributed by atoms with Crippen molar-refractivity contribution in [2.24, 2.45) is 0 Å². The summed E-state index contributed by atoms with van der Waals surface area (Å²) in [5.74, 6) is -0.549. The number of hydrogen-bond acceptors (Lipinski definition) is 4. The van der Waals surface area contributed by atoms with Gasteiger partial charge < -0.3 is 9.84 Å². The van der Waals surface area contributed by atoms with Gasteiger partial charge >= 0.3 is 5.97 Å². The molecular weight excluding hydrogens is 390 g/mol. The van der Waals surface area contributed by atoms with Crippen LogP contribution in [0.1, 0.15) is 11.1 Å². The number of fused-ring (bicyclic) bond motifs is 1. The highest BCUT2D eigenvalue weighted by atomic mass is 32.2. The maximum atomic E-state index is 12.2. The lowest BCUT2D eigenvalue weighted by molar-refractivity contribution is -0.139. The van der Waals surface area contributed by atoms with E-state index in [1.54, 1.807) is 18.2 Å².